The van der Waals surface area contributed by atoms with E-state index in [0.29, 0.717) is 34.1 Å². The molecule has 0 spiro atoms. The van der Waals surface area contributed by atoms with Gasteiger partial charge in [-0.3, -0.25) is 0 Å². The molecule has 0 aliphatic heterocycles. The minimum Gasteiger partial charge on any atom is -0.508 e. The van der Waals surface area contributed by atoms with E-state index in [4.69, 9.17) is 0 Å². The largest absolute Gasteiger partial charge is 0.508 e. The van der Waals surface area contributed by atoms with Crippen LogP contribution >= 0.6 is 0 Å². The van der Waals surface area contributed by atoms with Crippen LogP contribution in [0.2, 0.25) is 0 Å². The van der Waals surface area contributed by atoms with E-state index in [-0.39, 0.29) is 40.9 Å². The summed E-state index contributed by atoms with van der Waals surface area (Å²) in [5.41, 5.74) is 2.54. The third-order valence-electron chi connectivity index (χ3n) is 5.14. The Kier molecular flexibility index (Phi) is 4.75. The van der Waals surface area contributed by atoms with Crippen LogP contribution in [-0.2, 0) is 12.8 Å². The molecule has 0 fully saturated rings. The number of rotatable bonds is 4. The van der Waals surface area contributed by atoms with E-state index in [1.165, 1.54) is 24.3 Å². The minimum absolute atomic E-state index is 0.0354. The molecule has 0 saturated carbocycles. The fourth-order valence-electron chi connectivity index (χ4n) is 3.60. The van der Waals surface area contributed by atoms with Crippen molar-refractivity contribution in [1.29, 1.82) is 0 Å². The molecule has 4 aromatic rings. The van der Waals surface area contributed by atoms with Gasteiger partial charge in [-0.15, -0.1) is 0 Å². The smallest absolute Gasteiger partial charge is 0.157 e. The van der Waals surface area contributed by atoms with Crippen LogP contribution in [0.25, 0.3) is 10.8 Å². The zero-order valence-electron chi connectivity index (χ0n) is 15.9. The van der Waals surface area contributed by atoms with Gasteiger partial charge in [-0.25, -0.2) is 0 Å². The first-order chi connectivity index (χ1) is 14.3. The van der Waals surface area contributed by atoms with E-state index in [2.05, 4.69) is 0 Å². The maximum atomic E-state index is 11.0. The average molecular weight is 404 g/mol. The maximum absolute atomic E-state index is 11.0. The molecule has 0 heterocycles. The van der Waals surface area contributed by atoms with Crippen LogP contribution in [0.4, 0.5) is 0 Å². The molecule has 4 rings (SSSR count). The van der Waals surface area contributed by atoms with E-state index in [0.717, 1.165) is 5.39 Å². The molecule has 0 aliphatic rings. The number of aromatic hydroxyl groups is 6. The first-order valence-corrected chi connectivity index (χ1v) is 9.30. The molecule has 6 heteroatoms. The van der Waals surface area contributed by atoms with Crippen LogP contribution in [0.5, 0.6) is 34.5 Å². The number of phenolic OH excluding ortho intramolecular Hbond substituents is 6. The Bertz CT molecular complexity index is 1260. The lowest BCUT2D eigenvalue weighted by Gasteiger charge is -2.15. The molecule has 6 N–H and O–H groups in total. The highest BCUT2D eigenvalue weighted by molar-refractivity contribution is 5.90. The van der Waals surface area contributed by atoms with Crippen LogP contribution in [0.1, 0.15) is 22.3 Å². The Hall–Kier alpha value is -4.06. The maximum Gasteiger partial charge on any atom is 0.157 e. The summed E-state index contributed by atoms with van der Waals surface area (Å²) in [6, 6.07) is 15.6. The van der Waals surface area contributed by atoms with Gasteiger partial charge in [0.15, 0.2) is 23.0 Å². The van der Waals surface area contributed by atoms with Crippen molar-refractivity contribution in [3.05, 3.63) is 82.9 Å². The SMILES string of the molecule is Oc1ccc2cc(Cc3ccc(O)c(O)c3)c(O)c(Cc3ccc(O)c(O)c3)c2c1. The van der Waals surface area contributed by atoms with Crippen molar-refractivity contribution in [1.82, 2.24) is 0 Å². The van der Waals surface area contributed by atoms with Gasteiger partial charge >= 0.3 is 0 Å². The number of phenols is 6. The van der Waals surface area contributed by atoms with Crippen molar-refractivity contribution in [2.75, 3.05) is 0 Å². The van der Waals surface area contributed by atoms with E-state index in [1.54, 1.807) is 30.3 Å². The molecule has 152 valence electrons. The standard InChI is InChI=1S/C24H20O6/c25-17-4-3-15-11-16(7-13-1-5-20(26)22(28)9-13)24(30)19(18(15)12-17)8-14-2-6-21(27)23(29)10-14/h1-6,9-12,25-30H,7-8H2. The van der Waals surface area contributed by atoms with Crippen molar-refractivity contribution in [3.8, 4) is 34.5 Å². The Morgan fingerprint density at radius 3 is 1.73 bits per heavy atom. The fraction of sp³-hybridized carbons (Fsp3) is 0.0833. The minimum atomic E-state index is -0.255. The zero-order chi connectivity index (χ0) is 21.4. The van der Waals surface area contributed by atoms with Gasteiger partial charge < -0.3 is 30.6 Å². The second kappa shape index (κ2) is 7.40. The van der Waals surface area contributed by atoms with Gasteiger partial charge in [0, 0.05) is 18.4 Å². The molecule has 0 radical (unpaired) electrons. The Morgan fingerprint density at radius 1 is 0.533 bits per heavy atom. The normalized spacial score (nSPS) is 11.1. The summed E-state index contributed by atoms with van der Waals surface area (Å²) in [5.74, 6) is -0.843. The molecule has 30 heavy (non-hydrogen) atoms. The van der Waals surface area contributed by atoms with Gasteiger partial charge in [-0.05, 0) is 69.9 Å². The molecule has 0 atom stereocenters. The molecule has 6 nitrogen and oxygen atoms in total. The van der Waals surface area contributed by atoms with Crippen molar-refractivity contribution in [2.24, 2.45) is 0 Å². The van der Waals surface area contributed by atoms with E-state index < -0.39 is 0 Å². The van der Waals surface area contributed by atoms with Crippen molar-refractivity contribution < 1.29 is 30.6 Å². The summed E-state index contributed by atoms with van der Waals surface area (Å²) < 4.78 is 0. The third-order valence-corrected chi connectivity index (χ3v) is 5.14. The van der Waals surface area contributed by atoms with Gasteiger partial charge in [-0.2, -0.15) is 0 Å². The number of hydrogen-bond donors (Lipinski definition) is 6. The lowest BCUT2D eigenvalue weighted by Crippen LogP contribution is -1.97. The van der Waals surface area contributed by atoms with Gasteiger partial charge in [0.2, 0.25) is 0 Å². The van der Waals surface area contributed by atoms with E-state index >= 15 is 0 Å². The molecule has 0 bridgehead atoms. The fourth-order valence-corrected chi connectivity index (χ4v) is 3.60. The van der Waals surface area contributed by atoms with Crippen molar-refractivity contribution in [3.63, 3.8) is 0 Å². The lowest BCUT2D eigenvalue weighted by atomic mass is 9.92. The average Bonchev–Trinajstić information content (AvgIpc) is 2.71. The topological polar surface area (TPSA) is 121 Å². The van der Waals surface area contributed by atoms with E-state index in [1.807, 2.05) is 6.07 Å². The van der Waals surface area contributed by atoms with Gasteiger partial charge in [-0.1, -0.05) is 18.2 Å². The number of hydrogen-bond acceptors (Lipinski definition) is 6. The molecule has 0 unspecified atom stereocenters. The van der Waals surface area contributed by atoms with Crippen molar-refractivity contribution in [2.45, 2.75) is 12.8 Å². The Morgan fingerprint density at radius 2 is 1.13 bits per heavy atom. The van der Waals surface area contributed by atoms with Gasteiger partial charge in [0.05, 0.1) is 0 Å². The first kappa shape index (κ1) is 19.3. The molecule has 0 amide bonds. The first-order valence-electron chi connectivity index (χ1n) is 9.30. The summed E-state index contributed by atoms with van der Waals surface area (Å²) in [6.07, 6.45) is 0.568. The zero-order valence-corrected chi connectivity index (χ0v) is 15.9. The van der Waals surface area contributed by atoms with Crippen LogP contribution < -0.4 is 0 Å². The summed E-state index contributed by atoms with van der Waals surface area (Å²) in [6.45, 7) is 0. The van der Waals surface area contributed by atoms with Crippen LogP contribution in [0.15, 0.2) is 60.7 Å². The summed E-state index contributed by atoms with van der Waals surface area (Å²) in [7, 11) is 0. The Balaban J connectivity index is 1.83. The monoisotopic (exact) mass is 404 g/mol. The molecule has 0 saturated heterocycles. The summed E-state index contributed by atoms with van der Waals surface area (Å²) in [4.78, 5) is 0. The highest BCUT2D eigenvalue weighted by atomic mass is 16.3. The molecule has 0 aromatic heterocycles. The predicted molar refractivity (Wildman–Crippen MR) is 112 cm³/mol. The second-order valence-electron chi connectivity index (χ2n) is 7.27. The predicted octanol–water partition coefficient (Wildman–Crippen LogP) is 4.26. The van der Waals surface area contributed by atoms with Crippen LogP contribution in [-0.4, -0.2) is 30.6 Å². The molecule has 4 aromatic carbocycles. The highest BCUT2D eigenvalue weighted by Crippen LogP contribution is 2.37. The quantitative estimate of drug-likeness (QED) is 0.283. The molecular formula is C24H20O6. The molecule has 0 aliphatic carbocycles. The van der Waals surface area contributed by atoms with Gasteiger partial charge in [0.1, 0.15) is 11.5 Å². The summed E-state index contributed by atoms with van der Waals surface area (Å²) in [5, 5.41) is 61.1. The highest BCUT2D eigenvalue weighted by Gasteiger charge is 2.16. The van der Waals surface area contributed by atoms with E-state index in [9.17, 15) is 30.6 Å². The third kappa shape index (κ3) is 3.63. The number of benzene rings is 4. The summed E-state index contributed by atoms with van der Waals surface area (Å²) >= 11 is 0. The lowest BCUT2D eigenvalue weighted by molar-refractivity contribution is 0.403. The van der Waals surface area contributed by atoms with Gasteiger partial charge in [0.25, 0.3) is 0 Å². The second-order valence-corrected chi connectivity index (χ2v) is 7.27. The van der Waals surface area contributed by atoms with Crippen LogP contribution in [0, 0.1) is 0 Å². The molecular weight excluding hydrogens is 384 g/mol. The number of fused-ring (bicyclic) bond motifs is 1. The Labute approximate surface area is 172 Å². The van der Waals surface area contributed by atoms with Crippen LogP contribution in [0.3, 0.4) is 0 Å². The van der Waals surface area contributed by atoms with Crippen molar-refractivity contribution >= 4 is 10.8 Å².